The van der Waals surface area contributed by atoms with E-state index in [2.05, 4.69) is 6.92 Å². The second kappa shape index (κ2) is 10.7. The van der Waals surface area contributed by atoms with Crippen LogP contribution in [0.4, 0.5) is 13.2 Å². The van der Waals surface area contributed by atoms with Crippen molar-refractivity contribution in [2.75, 3.05) is 13.2 Å². The lowest BCUT2D eigenvalue weighted by Gasteiger charge is -2.20. The molecule has 1 nitrogen and oxygen atoms in total. The van der Waals surface area contributed by atoms with E-state index in [1.807, 2.05) is 6.92 Å². The fourth-order valence-electron chi connectivity index (χ4n) is 1.77. The summed E-state index contributed by atoms with van der Waals surface area (Å²) in [5.74, 6) is -1.29. The SMILES string of the molecule is [CH2]CCCCCOCC(CCCCC)C(F)(F)F. The number of unbranched alkanes of at least 4 members (excludes halogenated alkanes) is 5. The van der Waals surface area contributed by atoms with Crippen LogP contribution >= 0.6 is 0 Å². The molecule has 109 valence electrons. The molecule has 1 atom stereocenters. The number of hydrogen-bond acceptors (Lipinski definition) is 1. The molecule has 0 rings (SSSR count). The Morgan fingerprint density at radius 2 is 1.78 bits per heavy atom. The Hall–Kier alpha value is -0.250. The van der Waals surface area contributed by atoms with Crippen molar-refractivity contribution in [1.29, 1.82) is 0 Å². The molecular formula is C14H26F3O. The maximum absolute atomic E-state index is 12.7. The summed E-state index contributed by atoms with van der Waals surface area (Å²) < 4.78 is 43.2. The van der Waals surface area contributed by atoms with Crippen LogP contribution in [0.25, 0.3) is 0 Å². The Labute approximate surface area is 109 Å². The predicted octanol–water partition coefficient (Wildman–Crippen LogP) is 5.16. The van der Waals surface area contributed by atoms with Crippen LogP contribution in [0, 0.1) is 12.8 Å². The van der Waals surface area contributed by atoms with Gasteiger partial charge in [0, 0.05) is 6.61 Å². The molecule has 0 N–H and O–H groups in total. The molecule has 18 heavy (non-hydrogen) atoms. The van der Waals surface area contributed by atoms with Crippen LogP contribution in [0.5, 0.6) is 0 Å². The fraction of sp³-hybridized carbons (Fsp3) is 0.929. The highest BCUT2D eigenvalue weighted by atomic mass is 19.4. The van der Waals surface area contributed by atoms with Gasteiger partial charge in [0.05, 0.1) is 12.5 Å². The molecule has 0 aliphatic heterocycles. The Morgan fingerprint density at radius 3 is 2.33 bits per heavy atom. The molecule has 0 aliphatic rings. The van der Waals surface area contributed by atoms with Crippen LogP contribution in [0.1, 0.15) is 58.3 Å². The van der Waals surface area contributed by atoms with E-state index in [0.717, 1.165) is 38.5 Å². The molecule has 1 radical (unpaired) electrons. The van der Waals surface area contributed by atoms with Crippen molar-refractivity contribution in [3.05, 3.63) is 6.92 Å². The van der Waals surface area contributed by atoms with Crippen LogP contribution in [-0.4, -0.2) is 19.4 Å². The molecule has 0 aromatic heterocycles. The number of halogens is 3. The number of ether oxygens (including phenoxy) is 1. The Balaban J connectivity index is 3.73. The van der Waals surface area contributed by atoms with Crippen molar-refractivity contribution in [3.8, 4) is 0 Å². The van der Waals surface area contributed by atoms with Crippen molar-refractivity contribution in [1.82, 2.24) is 0 Å². The van der Waals surface area contributed by atoms with Crippen LogP contribution in [0.3, 0.4) is 0 Å². The van der Waals surface area contributed by atoms with Gasteiger partial charge in [-0.05, 0) is 12.8 Å². The third-order valence-corrected chi connectivity index (χ3v) is 2.98. The van der Waals surface area contributed by atoms with Crippen LogP contribution in [0.15, 0.2) is 0 Å². The van der Waals surface area contributed by atoms with Gasteiger partial charge in [-0.3, -0.25) is 0 Å². The summed E-state index contributed by atoms with van der Waals surface area (Å²) in [6.07, 6.45) is 2.20. The van der Waals surface area contributed by atoms with E-state index in [1.165, 1.54) is 0 Å². The summed E-state index contributed by atoms with van der Waals surface area (Å²) in [6.45, 7) is 5.95. The average molecular weight is 267 g/mol. The Morgan fingerprint density at radius 1 is 1.06 bits per heavy atom. The van der Waals surface area contributed by atoms with Crippen LogP contribution in [-0.2, 0) is 4.74 Å². The normalized spacial score (nSPS) is 13.8. The highest BCUT2D eigenvalue weighted by Gasteiger charge is 2.38. The third-order valence-electron chi connectivity index (χ3n) is 2.98. The van der Waals surface area contributed by atoms with Crippen molar-refractivity contribution in [2.45, 2.75) is 64.5 Å². The summed E-state index contributed by atoms with van der Waals surface area (Å²) >= 11 is 0. The summed E-state index contributed by atoms with van der Waals surface area (Å²) in [4.78, 5) is 0. The molecule has 0 bridgehead atoms. The van der Waals surface area contributed by atoms with Gasteiger partial charge in [-0.1, -0.05) is 52.4 Å². The summed E-state index contributed by atoms with van der Waals surface area (Å²) in [5.41, 5.74) is 0. The van der Waals surface area contributed by atoms with Gasteiger partial charge in [0.2, 0.25) is 0 Å². The predicted molar refractivity (Wildman–Crippen MR) is 68.3 cm³/mol. The van der Waals surface area contributed by atoms with E-state index in [4.69, 9.17) is 4.74 Å². The molecular weight excluding hydrogens is 241 g/mol. The number of hydrogen-bond donors (Lipinski definition) is 0. The molecule has 0 aromatic rings. The van der Waals surface area contributed by atoms with E-state index in [9.17, 15) is 13.2 Å². The lowest BCUT2D eigenvalue weighted by Crippen LogP contribution is -2.27. The smallest absolute Gasteiger partial charge is 0.381 e. The van der Waals surface area contributed by atoms with Crippen molar-refractivity contribution in [2.24, 2.45) is 5.92 Å². The lowest BCUT2D eigenvalue weighted by atomic mass is 10.0. The van der Waals surface area contributed by atoms with Gasteiger partial charge in [-0.2, -0.15) is 13.2 Å². The molecule has 1 unspecified atom stereocenters. The first kappa shape index (κ1) is 17.8. The van der Waals surface area contributed by atoms with E-state index in [1.54, 1.807) is 0 Å². The minimum Gasteiger partial charge on any atom is -0.381 e. The fourth-order valence-corrected chi connectivity index (χ4v) is 1.77. The molecule has 0 amide bonds. The zero-order valence-corrected chi connectivity index (χ0v) is 11.4. The van der Waals surface area contributed by atoms with Gasteiger partial charge in [0.25, 0.3) is 0 Å². The first-order valence-electron chi connectivity index (χ1n) is 6.96. The Kier molecular flexibility index (Phi) is 10.5. The van der Waals surface area contributed by atoms with Crippen molar-refractivity contribution >= 4 is 0 Å². The van der Waals surface area contributed by atoms with Crippen LogP contribution < -0.4 is 0 Å². The first-order chi connectivity index (χ1) is 8.52. The molecule has 4 heteroatoms. The molecule has 0 fully saturated rings. The molecule has 0 saturated heterocycles. The second-order valence-electron chi connectivity index (χ2n) is 4.72. The highest BCUT2D eigenvalue weighted by Crippen LogP contribution is 2.30. The minimum absolute atomic E-state index is 0.183. The van der Waals surface area contributed by atoms with Crippen molar-refractivity contribution in [3.63, 3.8) is 0 Å². The van der Waals surface area contributed by atoms with Gasteiger partial charge < -0.3 is 4.74 Å². The first-order valence-corrected chi connectivity index (χ1v) is 6.96. The van der Waals surface area contributed by atoms with E-state index in [-0.39, 0.29) is 13.0 Å². The average Bonchev–Trinajstić information content (AvgIpc) is 2.30. The van der Waals surface area contributed by atoms with Gasteiger partial charge in [0.15, 0.2) is 0 Å². The zero-order chi connectivity index (χ0) is 13.9. The highest BCUT2D eigenvalue weighted by molar-refractivity contribution is 4.67. The molecule has 0 spiro atoms. The van der Waals surface area contributed by atoms with Gasteiger partial charge in [-0.25, -0.2) is 0 Å². The minimum atomic E-state index is -4.12. The molecule has 0 saturated carbocycles. The van der Waals surface area contributed by atoms with Crippen LogP contribution in [0.2, 0.25) is 0 Å². The number of alkyl halides is 3. The van der Waals surface area contributed by atoms with Gasteiger partial charge in [-0.15, -0.1) is 0 Å². The third kappa shape index (κ3) is 9.75. The zero-order valence-electron chi connectivity index (χ0n) is 11.4. The molecule has 0 aromatic carbocycles. The quantitative estimate of drug-likeness (QED) is 0.470. The van der Waals surface area contributed by atoms with E-state index in [0.29, 0.717) is 13.0 Å². The maximum Gasteiger partial charge on any atom is 0.394 e. The summed E-state index contributed by atoms with van der Waals surface area (Å²) in [5, 5.41) is 0. The molecule has 0 aliphatic carbocycles. The molecule has 0 heterocycles. The second-order valence-corrected chi connectivity index (χ2v) is 4.72. The standard InChI is InChI=1S/C14H26F3O/c1-3-5-7-9-11-18-12-13(14(15,16)17)10-8-6-4-2/h13H,1,3-12H2,2H3. The lowest BCUT2D eigenvalue weighted by molar-refractivity contribution is -0.190. The van der Waals surface area contributed by atoms with E-state index < -0.39 is 12.1 Å². The number of rotatable bonds is 11. The van der Waals surface area contributed by atoms with Gasteiger partial charge in [0.1, 0.15) is 0 Å². The Bertz CT molecular complexity index is 180. The monoisotopic (exact) mass is 267 g/mol. The van der Waals surface area contributed by atoms with E-state index >= 15 is 0 Å². The maximum atomic E-state index is 12.7. The summed E-state index contributed by atoms with van der Waals surface area (Å²) in [6, 6.07) is 0. The van der Waals surface area contributed by atoms with Crippen molar-refractivity contribution < 1.29 is 17.9 Å². The topological polar surface area (TPSA) is 9.23 Å². The largest absolute Gasteiger partial charge is 0.394 e. The summed E-state index contributed by atoms with van der Waals surface area (Å²) in [7, 11) is 0. The van der Waals surface area contributed by atoms with Gasteiger partial charge >= 0.3 is 6.18 Å².